The Bertz CT molecular complexity index is 127. The molecule has 1 rings (SSSR count). The van der Waals surface area contributed by atoms with E-state index in [4.69, 9.17) is 23.2 Å². The van der Waals surface area contributed by atoms with Gasteiger partial charge >= 0.3 is 0 Å². The first kappa shape index (κ1) is 7.36. The van der Waals surface area contributed by atoms with Crippen LogP contribution in [0.5, 0.6) is 0 Å². The summed E-state index contributed by atoms with van der Waals surface area (Å²) in [7, 11) is 0. The summed E-state index contributed by atoms with van der Waals surface area (Å²) in [5.41, 5.74) is 0. The van der Waals surface area contributed by atoms with Crippen molar-refractivity contribution in [2.75, 3.05) is 0 Å². The summed E-state index contributed by atoms with van der Waals surface area (Å²) in [5, 5.41) is -0.387. The Morgan fingerprint density at radius 2 is 1.78 bits per heavy atom. The summed E-state index contributed by atoms with van der Waals surface area (Å²) in [6, 6.07) is 0. The molecule has 1 saturated carbocycles. The van der Waals surface area contributed by atoms with Gasteiger partial charge in [-0.1, -0.05) is 12.8 Å². The molecule has 0 aliphatic heterocycles. The van der Waals surface area contributed by atoms with Crippen molar-refractivity contribution in [3.63, 3.8) is 0 Å². The van der Waals surface area contributed by atoms with Crippen LogP contribution in [0.15, 0.2) is 0 Å². The molecule has 0 unspecified atom stereocenters. The topological polar surface area (TPSA) is 17.1 Å². The molecule has 0 saturated heterocycles. The second-order valence-electron chi connectivity index (χ2n) is 2.45. The SMILES string of the molecule is O=C(Cl)C1(Cl)CCCC1. The third-order valence-electron chi connectivity index (χ3n) is 1.75. The summed E-state index contributed by atoms with van der Waals surface area (Å²) < 4.78 is 0. The van der Waals surface area contributed by atoms with Crippen molar-refractivity contribution in [2.45, 2.75) is 30.6 Å². The van der Waals surface area contributed by atoms with E-state index in [9.17, 15) is 4.79 Å². The fourth-order valence-corrected chi connectivity index (χ4v) is 1.59. The molecule has 0 amide bonds. The number of carbonyl (C=O) groups excluding carboxylic acids is 1. The van der Waals surface area contributed by atoms with Crippen LogP contribution in [-0.2, 0) is 4.79 Å². The number of alkyl halides is 1. The zero-order valence-electron chi connectivity index (χ0n) is 4.99. The lowest BCUT2D eigenvalue weighted by Crippen LogP contribution is -2.23. The molecule has 0 atom stereocenters. The van der Waals surface area contributed by atoms with E-state index < -0.39 is 4.87 Å². The molecule has 1 aliphatic carbocycles. The summed E-state index contributed by atoms with van der Waals surface area (Å²) in [4.78, 5) is 9.89. The fourth-order valence-electron chi connectivity index (χ4n) is 1.13. The highest BCUT2D eigenvalue weighted by molar-refractivity contribution is 6.70. The molecule has 9 heavy (non-hydrogen) atoms. The van der Waals surface area contributed by atoms with E-state index in [-0.39, 0.29) is 5.24 Å². The molecule has 1 aliphatic rings. The molecule has 0 heterocycles. The minimum Gasteiger partial charge on any atom is -0.279 e. The van der Waals surface area contributed by atoms with Gasteiger partial charge in [0.2, 0.25) is 5.24 Å². The maximum atomic E-state index is 10.6. The van der Waals surface area contributed by atoms with Crippen molar-refractivity contribution >= 4 is 28.4 Å². The molecule has 52 valence electrons. The molecule has 0 aromatic rings. The maximum Gasteiger partial charge on any atom is 0.242 e. The van der Waals surface area contributed by atoms with Crippen LogP contribution in [0.3, 0.4) is 0 Å². The van der Waals surface area contributed by atoms with Gasteiger partial charge in [0.25, 0.3) is 0 Å². The number of rotatable bonds is 1. The third kappa shape index (κ3) is 1.39. The smallest absolute Gasteiger partial charge is 0.242 e. The van der Waals surface area contributed by atoms with Crippen LogP contribution in [0.2, 0.25) is 0 Å². The van der Waals surface area contributed by atoms with E-state index in [2.05, 4.69) is 0 Å². The number of hydrogen-bond acceptors (Lipinski definition) is 1. The van der Waals surface area contributed by atoms with Crippen LogP contribution in [-0.4, -0.2) is 10.1 Å². The van der Waals surface area contributed by atoms with Crippen molar-refractivity contribution in [1.82, 2.24) is 0 Å². The van der Waals surface area contributed by atoms with E-state index in [0.717, 1.165) is 25.7 Å². The Labute approximate surface area is 64.3 Å². The minimum atomic E-state index is -0.707. The molecule has 0 aromatic carbocycles. The molecule has 0 aromatic heterocycles. The first-order valence-electron chi connectivity index (χ1n) is 3.04. The number of halogens is 2. The van der Waals surface area contributed by atoms with Gasteiger partial charge in [0.05, 0.1) is 0 Å². The zero-order valence-corrected chi connectivity index (χ0v) is 6.50. The summed E-state index contributed by atoms with van der Waals surface area (Å²) in [6.07, 6.45) is 3.55. The van der Waals surface area contributed by atoms with Crippen molar-refractivity contribution in [1.29, 1.82) is 0 Å². The van der Waals surface area contributed by atoms with E-state index in [0.29, 0.717) is 0 Å². The molecule has 3 heteroatoms. The van der Waals surface area contributed by atoms with E-state index in [1.807, 2.05) is 0 Å². The molecule has 0 radical (unpaired) electrons. The van der Waals surface area contributed by atoms with E-state index in [1.54, 1.807) is 0 Å². The van der Waals surface area contributed by atoms with Crippen LogP contribution < -0.4 is 0 Å². The number of hydrogen-bond donors (Lipinski definition) is 0. The summed E-state index contributed by atoms with van der Waals surface area (Å²) in [5.74, 6) is 0. The van der Waals surface area contributed by atoms with Gasteiger partial charge in [-0.2, -0.15) is 0 Å². The quantitative estimate of drug-likeness (QED) is 0.432. The summed E-state index contributed by atoms with van der Waals surface area (Å²) in [6.45, 7) is 0. The second-order valence-corrected chi connectivity index (χ2v) is 3.51. The highest BCUT2D eigenvalue weighted by Gasteiger charge is 2.37. The van der Waals surface area contributed by atoms with Crippen molar-refractivity contribution in [2.24, 2.45) is 0 Å². The first-order chi connectivity index (χ1) is 4.15. The molecule has 1 fully saturated rings. The Hall–Kier alpha value is 0.250. The van der Waals surface area contributed by atoms with E-state index in [1.165, 1.54) is 0 Å². The van der Waals surface area contributed by atoms with Crippen LogP contribution >= 0.6 is 23.2 Å². The lowest BCUT2D eigenvalue weighted by molar-refractivity contribution is -0.113. The van der Waals surface area contributed by atoms with Gasteiger partial charge in [0, 0.05) is 0 Å². The average molecular weight is 167 g/mol. The number of carbonyl (C=O) groups is 1. The van der Waals surface area contributed by atoms with Crippen molar-refractivity contribution < 1.29 is 4.79 Å². The van der Waals surface area contributed by atoms with Gasteiger partial charge in [-0.05, 0) is 24.4 Å². The van der Waals surface area contributed by atoms with Gasteiger partial charge in [0.15, 0.2) is 0 Å². The highest BCUT2D eigenvalue weighted by atomic mass is 35.5. The lowest BCUT2D eigenvalue weighted by atomic mass is 10.1. The average Bonchev–Trinajstić information content (AvgIpc) is 2.16. The predicted molar refractivity (Wildman–Crippen MR) is 37.9 cm³/mol. The molecule has 0 spiro atoms. The standard InChI is InChI=1S/C6H8Cl2O/c7-5(9)6(8)3-1-2-4-6/h1-4H2. The van der Waals surface area contributed by atoms with E-state index >= 15 is 0 Å². The minimum absolute atomic E-state index is 0.387. The van der Waals surface area contributed by atoms with Crippen LogP contribution in [0, 0.1) is 0 Å². The van der Waals surface area contributed by atoms with Gasteiger partial charge < -0.3 is 0 Å². The zero-order chi connectivity index (χ0) is 6.91. The van der Waals surface area contributed by atoms with Gasteiger partial charge in [-0.3, -0.25) is 4.79 Å². The predicted octanol–water partition coefficient (Wildman–Crippen LogP) is 2.30. The molecular formula is C6H8Cl2O. The Balaban J connectivity index is 2.61. The van der Waals surface area contributed by atoms with Gasteiger partial charge in [0.1, 0.15) is 4.87 Å². The molecule has 0 bridgehead atoms. The van der Waals surface area contributed by atoms with Crippen molar-refractivity contribution in [3.05, 3.63) is 0 Å². The second kappa shape index (κ2) is 2.47. The molecule has 1 nitrogen and oxygen atoms in total. The van der Waals surface area contributed by atoms with Crippen LogP contribution in [0.25, 0.3) is 0 Å². The summed E-state index contributed by atoms with van der Waals surface area (Å²) >= 11 is 11.1. The fraction of sp³-hybridized carbons (Fsp3) is 0.833. The van der Waals surface area contributed by atoms with Gasteiger partial charge in [-0.25, -0.2) is 0 Å². The van der Waals surface area contributed by atoms with Crippen molar-refractivity contribution in [3.8, 4) is 0 Å². The maximum absolute atomic E-state index is 10.6. The Kier molecular flexibility index (Phi) is 2.02. The molecule has 0 N–H and O–H groups in total. The first-order valence-corrected chi connectivity index (χ1v) is 3.80. The van der Waals surface area contributed by atoms with Crippen LogP contribution in [0.1, 0.15) is 25.7 Å². The molecular weight excluding hydrogens is 159 g/mol. The largest absolute Gasteiger partial charge is 0.279 e. The van der Waals surface area contributed by atoms with Crippen LogP contribution in [0.4, 0.5) is 0 Å². The van der Waals surface area contributed by atoms with Gasteiger partial charge in [-0.15, -0.1) is 11.6 Å². The lowest BCUT2D eigenvalue weighted by Gasteiger charge is -2.12. The Morgan fingerprint density at radius 3 is 2.00 bits per heavy atom. The highest BCUT2D eigenvalue weighted by Crippen LogP contribution is 2.37. The Morgan fingerprint density at radius 1 is 1.33 bits per heavy atom. The normalized spacial score (nSPS) is 24.2. The third-order valence-corrected chi connectivity index (χ3v) is 2.76. The monoisotopic (exact) mass is 166 g/mol.